The summed E-state index contributed by atoms with van der Waals surface area (Å²) in [6, 6.07) is 15.6. The van der Waals surface area contributed by atoms with Gasteiger partial charge in [0, 0.05) is 41.3 Å². The first-order valence-corrected chi connectivity index (χ1v) is 7.69. The van der Waals surface area contributed by atoms with E-state index in [1.165, 1.54) is 16.1 Å². The third kappa shape index (κ3) is 2.06. The summed E-state index contributed by atoms with van der Waals surface area (Å²) in [5, 5.41) is 11.6. The molecule has 4 rings (SSSR count). The zero-order valence-corrected chi connectivity index (χ0v) is 13.2. The first-order chi connectivity index (χ1) is 11.1. The van der Waals surface area contributed by atoms with Gasteiger partial charge in [0.25, 0.3) is 5.91 Å². The number of aryl methyl sites for hydroxylation is 2. The van der Waals surface area contributed by atoms with E-state index in [0.717, 1.165) is 10.9 Å². The summed E-state index contributed by atoms with van der Waals surface area (Å²) in [6.07, 6.45) is -0.869. The molecule has 4 heteroatoms. The van der Waals surface area contributed by atoms with Crippen molar-refractivity contribution in [3.8, 4) is 0 Å². The van der Waals surface area contributed by atoms with Gasteiger partial charge >= 0.3 is 0 Å². The highest BCUT2D eigenvalue weighted by Gasteiger charge is 2.34. The summed E-state index contributed by atoms with van der Waals surface area (Å²) < 4.78 is 2.14. The molecule has 1 N–H and O–H groups in total. The number of nitrogens with zero attached hydrogens (tertiary/aromatic N) is 2. The Morgan fingerprint density at radius 3 is 2.70 bits per heavy atom. The quantitative estimate of drug-likeness (QED) is 0.790. The second kappa shape index (κ2) is 4.96. The van der Waals surface area contributed by atoms with E-state index in [0.29, 0.717) is 17.7 Å². The van der Waals surface area contributed by atoms with Crippen molar-refractivity contribution in [2.45, 2.75) is 19.7 Å². The Kier molecular flexibility index (Phi) is 3.03. The molecule has 23 heavy (non-hydrogen) atoms. The molecule has 0 saturated heterocycles. The standard InChI is InChI=1S/C19H18N2O2/c1-12-9-14-10-13(7-8-17(14)20(12)2)11-21-18(22)15-5-3-4-6-16(15)19(21)23/h3-10,18,22H,11H2,1-2H3. The van der Waals surface area contributed by atoms with Crippen molar-refractivity contribution < 1.29 is 9.90 Å². The van der Waals surface area contributed by atoms with E-state index < -0.39 is 6.23 Å². The summed E-state index contributed by atoms with van der Waals surface area (Å²) >= 11 is 0. The lowest BCUT2D eigenvalue weighted by Crippen LogP contribution is -2.27. The van der Waals surface area contributed by atoms with Crippen LogP contribution in [-0.4, -0.2) is 20.5 Å². The van der Waals surface area contributed by atoms with Crippen LogP contribution in [-0.2, 0) is 13.6 Å². The van der Waals surface area contributed by atoms with Gasteiger partial charge in [-0.15, -0.1) is 0 Å². The van der Waals surface area contributed by atoms with Crippen LogP contribution in [0.25, 0.3) is 10.9 Å². The van der Waals surface area contributed by atoms with Crippen LogP contribution in [0, 0.1) is 6.92 Å². The molecule has 0 aliphatic carbocycles. The van der Waals surface area contributed by atoms with Crippen molar-refractivity contribution >= 4 is 16.8 Å². The van der Waals surface area contributed by atoms with Gasteiger partial charge in [-0.3, -0.25) is 4.79 Å². The summed E-state index contributed by atoms with van der Waals surface area (Å²) in [7, 11) is 2.04. The summed E-state index contributed by atoms with van der Waals surface area (Å²) in [6.45, 7) is 2.47. The average molecular weight is 306 g/mol. The van der Waals surface area contributed by atoms with Crippen molar-refractivity contribution in [2.75, 3.05) is 0 Å². The molecule has 1 aliphatic rings. The number of hydrogen-bond acceptors (Lipinski definition) is 2. The molecule has 4 nitrogen and oxygen atoms in total. The maximum atomic E-state index is 12.5. The van der Waals surface area contributed by atoms with Gasteiger partial charge in [-0.1, -0.05) is 24.3 Å². The monoisotopic (exact) mass is 306 g/mol. The van der Waals surface area contributed by atoms with Crippen LogP contribution >= 0.6 is 0 Å². The number of hydrogen-bond donors (Lipinski definition) is 1. The van der Waals surface area contributed by atoms with Gasteiger partial charge < -0.3 is 14.6 Å². The fraction of sp³-hybridized carbons (Fsp3) is 0.211. The van der Waals surface area contributed by atoms with E-state index in [2.05, 4.69) is 29.7 Å². The zero-order valence-electron chi connectivity index (χ0n) is 13.2. The minimum absolute atomic E-state index is 0.113. The van der Waals surface area contributed by atoms with Crippen LogP contribution in [0.5, 0.6) is 0 Å². The van der Waals surface area contributed by atoms with Crippen molar-refractivity contribution in [1.82, 2.24) is 9.47 Å². The molecule has 1 amide bonds. The largest absolute Gasteiger partial charge is 0.369 e. The molecule has 0 spiro atoms. The van der Waals surface area contributed by atoms with E-state index in [1.54, 1.807) is 6.07 Å². The predicted octanol–water partition coefficient (Wildman–Crippen LogP) is 3.13. The Morgan fingerprint density at radius 1 is 1.13 bits per heavy atom. The van der Waals surface area contributed by atoms with E-state index in [1.807, 2.05) is 31.3 Å². The lowest BCUT2D eigenvalue weighted by molar-refractivity contribution is 0.0137. The Morgan fingerprint density at radius 2 is 1.91 bits per heavy atom. The Labute approximate surface area is 134 Å². The molecule has 2 heterocycles. The van der Waals surface area contributed by atoms with Crippen LogP contribution in [0.3, 0.4) is 0 Å². The van der Waals surface area contributed by atoms with Crippen LogP contribution in [0.4, 0.5) is 0 Å². The number of carbonyl (C=O) groups excluding carboxylic acids is 1. The molecule has 2 aromatic carbocycles. The third-order valence-electron chi connectivity index (χ3n) is 4.73. The highest BCUT2D eigenvalue weighted by Crippen LogP contribution is 2.33. The number of aromatic nitrogens is 1. The van der Waals surface area contributed by atoms with Gasteiger partial charge in [-0.25, -0.2) is 0 Å². The number of carbonyl (C=O) groups is 1. The third-order valence-corrected chi connectivity index (χ3v) is 4.73. The molecule has 0 fully saturated rings. The number of aliphatic hydroxyl groups is 1. The van der Waals surface area contributed by atoms with Gasteiger partial charge in [-0.05, 0) is 36.8 Å². The summed E-state index contributed by atoms with van der Waals surface area (Å²) in [5.74, 6) is -0.113. The Hall–Kier alpha value is -2.59. The van der Waals surface area contributed by atoms with Gasteiger partial charge in [-0.2, -0.15) is 0 Å². The molecule has 0 saturated carbocycles. The maximum absolute atomic E-state index is 12.5. The number of fused-ring (bicyclic) bond motifs is 2. The van der Waals surface area contributed by atoms with Crippen molar-refractivity contribution in [2.24, 2.45) is 7.05 Å². The number of benzene rings is 2. The summed E-state index contributed by atoms with van der Waals surface area (Å²) in [5.41, 5.74) is 4.67. The highest BCUT2D eigenvalue weighted by atomic mass is 16.3. The fourth-order valence-corrected chi connectivity index (χ4v) is 3.34. The molecule has 3 aromatic rings. The van der Waals surface area contributed by atoms with Gasteiger partial charge in [0.15, 0.2) is 6.23 Å². The lowest BCUT2D eigenvalue weighted by atomic mass is 10.1. The van der Waals surface area contributed by atoms with Crippen LogP contribution in [0.2, 0.25) is 0 Å². The predicted molar refractivity (Wildman–Crippen MR) is 88.9 cm³/mol. The van der Waals surface area contributed by atoms with E-state index in [9.17, 15) is 9.90 Å². The summed E-state index contributed by atoms with van der Waals surface area (Å²) in [4.78, 5) is 14.0. The first kappa shape index (κ1) is 14.0. The van der Waals surface area contributed by atoms with Gasteiger partial charge in [0.05, 0.1) is 0 Å². The number of rotatable bonds is 2. The molecule has 1 atom stereocenters. The molecule has 1 aromatic heterocycles. The second-order valence-electron chi connectivity index (χ2n) is 6.13. The number of amides is 1. The Balaban J connectivity index is 1.68. The average Bonchev–Trinajstić information content (AvgIpc) is 2.97. The SMILES string of the molecule is Cc1cc2cc(CN3C(=O)c4ccccc4C3O)ccc2n1C. The van der Waals surface area contributed by atoms with E-state index in [-0.39, 0.29) is 5.91 Å². The molecule has 116 valence electrons. The fourth-order valence-electron chi connectivity index (χ4n) is 3.34. The highest BCUT2D eigenvalue weighted by molar-refractivity contribution is 5.98. The van der Waals surface area contributed by atoms with Gasteiger partial charge in [0.1, 0.15) is 0 Å². The number of aliphatic hydroxyl groups excluding tert-OH is 1. The smallest absolute Gasteiger partial charge is 0.256 e. The van der Waals surface area contributed by atoms with E-state index >= 15 is 0 Å². The molecule has 1 aliphatic heterocycles. The van der Waals surface area contributed by atoms with Crippen LogP contribution in [0.1, 0.15) is 33.4 Å². The minimum Gasteiger partial charge on any atom is -0.369 e. The second-order valence-corrected chi connectivity index (χ2v) is 6.13. The molecule has 0 radical (unpaired) electrons. The van der Waals surface area contributed by atoms with Crippen molar-refractivity contribution in [3.63, 3.8) is 0 Å². The van der Waals surface area contributed by atoms with Gasteiger partial charge in [0.2, 0.25) is 0 Å². The van der Waals surface area contributed by atoms with E-state index in [4.69, 9.17) is 0 Å². The van der Waals surface area contributed by atoms with Crippen LogP contribution < -0.4 is 0 Å². The van der Waals surface area contributed by atoms with Crippen molar-refractivity contribution in [3.05, 3.63) is 70.9 Å². The topological polar surface area (TPSA) is 45.5 Å². The van der Waals surface area contributed by atoms with Crippen LogP contribution in [0.15, 0.2) is 48.5 Å². The Bertz CT molecular complexity index is 926. The molecule has 0 bridgehead atoms. The normalized spacial score (nSPS) is 17.1. The first-order valence-electron chi connectivity index (χ1n) is 7.69. The molecular formula is C19H18N2O2. The maximum Gasteiger partial charge on any atom is 0.256 e. The minimum atomic E-state index is -0.869. The molecule has 1 unspecified atom stereocenters. The zero-order chi connectivity index (χ0) is 16.1. The molecular weight excluding hydrogens is 288 g/mol. The van der Waals surface area contributed by atoms with Crippen molar-refractivity contribution in [1.29, 1.82) is 0 Å². The lowest BCUT2D eigenvalue weighted by Gasteiger charge is -2.21.